The molecule has 0 saturated carbocycles. The van der Waals surface area contributed by atoms with E-state index in [0.29, 0.717) is 38.0 Å². The highest BCUT2D eigenvalue weighted by atomic mass is 28.3. The van der Waals surface area contributed by atoms with Crippen LogP contribution in [-0.2, 0) is 9.47 Å². The minimum atomic E-state index is -1.27. The molecule has 2 bridgehead atoms. The molecule has 2 aliphatic heterocycles. The van der Waals surface area contributed by atoms with Crippen LogP contribution in [0.1, 0.15) is 54.7 Å². The van der Waals surface area contributed by atoms with Crippen molar-refractivity contribution in [1.82, 2.24) is 24.5 Å². The largest absolute Gasteiger partial charge is 0.465 e. The van der Waals surface area contributed by atoms with Crippen LogP contribution in [0.4, 0.5) is 10.6 Å². The van der Waals surface area contributed by atoms with Crippen molar-refractivity contribution in [2.75, 3.05) is 31.6 Å². The third-order valence-electron chi connectivity index (χ3n) is 9.09. The molecule has 3 aromatic rings. The third kappa shape index (κ3) is 8.22. The molecule has 5 heterocycles. The van der Waals surface area contributed by atoms with Gasteiger partial charge in [0.1, 0.15) is 25.0 Å². The number of pyridine rings is 1. The Kier molecular flexibility index (Phi) is 10.4. The minimum Gasteiger partial charge on any atom is -0.465 e. The highest BCUT2D eigenvalue weighted by molar-refractivity contribution is 6.76. The van der Waals surface area contributed by atoms with E-state index in [1.165, 1.54) is 6.92 Å². The van der Waals surface area contributed by atoms with Crippen LogP contribution in [0.25, 0.3) is 16.8 Å². The number of ketones is 1. The van der Waals surface area contributed by atoms with Gasteiger partial charge in [0.25, 0.3) is 0 Å². The number of Topliss-reactive ketones (excluding diaryl/α,β-unsaturated/α-hetero) is 1. The zero-order valence-corrected chi connectivity index (χ0v) is 30.5. The van der Waals surface area contributed by atoms with Crippen LogP contribution in [-0.4, -0.2) is 96.4 Å². The molecule has 0 spiro atoms. The lowest BCUT2D eigenvalue weighted by atomic mass is 9.88. The second-order valence-electron chi connectivity index (χ2n) is 15.3. The molecule has 11 nitrogen and oxygen atoms in total. The first kappa shape index (κ1) is 34.2. The monoisotopic (exact) mass is 666 g/mol. The van der Waals surface area contributed by atoms with E-state index in [0.717, 1.165) is 60.4 Å². The van der Waals surface area contributed by atoms with Crippen molar-refractivity contribution in [3.63, 3.8) is 0 Å². The van der Waals surface area contributed by atoms with Gasteiger partial charge in [0.05, 0.1) is 6.20 Å². The number of anilines is 1. The average molecular weight is 667 g/mol. The van der Waals surface area contributed by atoms with Gasteiger partial charge in [-0.2, -0.15) is 9.61 Å². The van der Waals surface area contributed by atoms with Crippen LogP contribution in [0.3, 0.4) is 0 Å². The van der Waals surface area contributed by atoms with Gasteiger partial charge in [0.2, 0.25) is 0 Å². The van der Waals surface area contributed by atoms with Crippen molar-refractivity contribution in [3.05, 3.63) is 42.0 Å². The summed E-state index contributed by atoms with van der Waals surface area (Å²) in [6, 6.07) is 7.85. The van der Waals surface area contributed by atoms with Gasteiger partial charge in [-0.1, -0.05) is 45.3 Å². The quantitative estimate of drug-likeness (QED) is 0.0855. The molecule has 1 amide bonds. The van der Waals surface area contributed by atoms with Gasteiger partial charge in [0, 0.05) is 83.4 Å². The van der Waals surface area contributed by atoms with Crippen LogP contribution < -0.4 is 4.90 Å². The van der Waals surface area contributed by atoms with Gasteiger partial charge < -0.3 is 24.4 Å². The van der Waals surface area contributed by atoms with Gasteiger partial charge in [-0.05, 0) is 43.8 Å². The van der Waals surface area contributed by atoms with Crippen molar-refractivity contribution >= 4 is 39.5 Å². The van der Waals surface area contributed by atoms with Gasteiger partial charge in [0.15, 0.2) is 11.4 Å². The van der Waals surface area contributed by atoms with Crippen molar-refractivity contribution in [2.45, 2.75) is 102 Å². The minimum absolute atomic E-state index is 0.00123. The van der Waals surface area contributed by atoms with Gasteiger partial charge in [-0.15, -0.1) is 0 Å². The number of rotatable bonds is 14. The summed E-state index contributed by atoms with van der Waals surface area (Å²) in [6.07, 6.45) is 5.92. The zero-order chi connectivity index (χ0) is 33.2. The maximum Gasteiger partial charge on any atom is 0.407 e. The Balaban J connectivity index is 1.53. The molecule has 250 valence electrons. The number of ether oxygens (including phenoxy) is 2. The molecule has 13 heteroatoms. The number of carbonyl (C=O) groups excluding carboxylic acids is 1. The fourth-order valence-corrected chi connectivity index (χ4v) is 7.88. The molecule has 2 unspecified atom stereocenters. The van der Waals surface area contributed by atoms with Crippen LogP contribution in [0, 0.1) is 0 Å². The first-order valence-electron chi connectivity index (χ1n) is 16.5. The summed E-state index contributed by atoms with van der Waals surface area (Å²) >= 11 is 0. The van der Waals surface area contributed by atoms with Crippen LogP contribution in [0.2, 0.25) is 51.4 Å². The molecule has 2 fully saturated rings. The number of piperidine rings is 1. The topological polar surface area (TPSA) is 122 Å². The summed E-state index contributed by atoms with van der Waals surface area (Å²) in [5, 5.41) is 14.7. The normalized spacial score (nSPS) is 20.0. The number of hydrogen-bond acceptors (Lipinski definition) is 8. The predicted molar refractivity (Wildman–Crippen MR) is 185 cm³/mol. The van der Waals surface area contributed by atoms with Crippen molar-refractivity contribution in [3.8, 4) is 11.1 Å². The number of carboxylic acid groups (broad SMARTS) is 1. The maximum atomic E-state index is 12.0. The summed E-state index contributed by atoms with van der Waals surface area (Å²) < 4.78 is 14.4. The number of carbonyl (C=O) groups is 2. The first-order chi connectivity index (χ1) is 21.7. The molecule has 0 radical (unpaired) electrons. The molecule has 2 saturated heterocycles. The molecular weight excluding hydrogens is 617 g/mol. The van der Waals surface area contributed by atoms with E-state index in [1.807, 2.05) is 10.6 Å². The van der Waals surface area contributed by atoms with E-state index in [1.54, 1.807) is 23.4 Å². The number of aromatic nitrogens is 4. The Morgan fingerprint density at radius 2 is 1.57 bits per heavy atom. The third-order valence-corrected chi connectivity index (χ3v) is 12.5. The van der Waals surface area contributed by atoms with E-state index in [4.69, 9.17) is 19.6 Å². The molecular formula is C33H50N6O5Si2. The van der Waals surface area contributed by atoms with Crippen molar-refractivity contribution in [1.29, 1.82) is 0 Å². The summed E-state index contributed by atoms with van der Waals surface area (Å²) in [5.74, 6) is 0.851. The van der Waals surface area contributed by atoms with E-state index in [9.17, 15) is 14.7 Å². The summed E-state index contributed by atoms with van der Waals surface area (Å²) in [5.41, 5.74) is 3.66. The lowest BCUT2D eigenvalue weighted by molar-refractivity contribution is 0.0934. The fraction of sp³-hybridized carbons (Fsp3) is 0.606. The molecule has 46 heavy (non-hydrogen) atoms. The van der Waals surface area contributed by atoms with Crippen LogP contribution >= 0.6 is 0 Å². The number of amides is 1. The molecule has 3 aromatic heterocycles. The second kappa shape index (κ2) is 13.9. The SMILES string of the molecule is CC(=O)c1ccc(-c2cnn3c(N(COCC[Si](C)(C)C)COCC[Si](C)(C)C)cc(C4CC5CCC(C4)N5C(=O)O)nc23)cn1. The van der Waals surface area contributed by atoms with Crippen LogP contribution in [0.15, 0.2) is 30.6 Å². The predicted octanol–water partition coefficient (Wildman–Crippen LogP) is 6.81. The molecule has 0 aliphatic carbocycles. The number of hydrogen-bond donors (Lipinski definition) is 1. The smallest absolute Gasteiger partial charge is 0.407 e. The number of fused-ring (bicyclic) bond motifs is 3. The Morgan fingerprint density at radius 1 is 0.957 bits per heavy atom. The van der Waals surface area contributed by atoms with E-state index in [2.05, 4.69) is 55.2 Å². The Labute approximate surface area is 274 Å². The van der Waals surface area contributed by atoms with Gasteiger partial charge >= 0.3 is 6.09 Å². The summed E-state index contributed by atoms with van der Waals surface area (Å²) in [7, 11) is -2.55. The number of nitrogens with zero attached hydrogens (tertiary/aromatic N) is 6. The van der Waals surface area contributed by atoms with E-state index < -0.39 is 22.2 Å². The highest BCUT2D eigenvalue weighted by Gasteiger charge is 2.44. The lowest BCUT2D eigenvalue weighted by Gasteiger charge is -2.37. The Bertz CT molecular complexity index is 1500. The van der Waals surface area contributed by atoms with E-state index in [-0.39, 0.29) is 23.8 Å². The molecule has 5 rings (SSSR count). The first-order valence-corrected chi connectivity index (χ1v) is 23.9. The summed E-state index contributed by atoms with van der Waals surface area (Å²) in [6.45, 7) is 17.6. The van der Waals surface area contributed by atoms with Crippen molar-refractivity contribution in [2.24, 2.45) is 0 Å². The fourth-order valence-electron chi connectivity index (χ4n) is 6.37. The lowest BCUT2D eigenvalue weighted by Crippen LogP contribution is -2.45. The maximum absolute atomic E-state index is 12.0. The van der Waals surface area contributed by atoms with Gasteiger partial charge in [-0.3, -0.25) is 9.78 Å². The molecule has 2 aliphatic rings. The van der Waals surface area contributed by atoms with Gasteiger partial charge in [-0.25, -0.2) is 9.78 Å². The molecule has 0 aromatic carbocycles. The average Bonchev–Trinajstić information content (AvgIpc) is 3.53. The standard InChI is InChI=1S/C33H50N6O5Si2/c1-23(40)29-11-8-24(19-34-29)28-20-35-39-31(37(21-43-12-14-45(2,3)4)22-44-13-15-46(5,6)7)18-30(36-32(28)39)25-16-26-9-10-27(17-25)38(26)33(41)42/h8,11,18-20,25-27H,9-10,12-17,21-22H2,1-7H3,(H,41,42). The Morgan fingerprint density at radius 3 is 2.07 bits per heavy atom. The molecule has 2 atom stereocenters. The van der Waals surface area contributed by atoms with E-state index >= 15 is 0 Å². The zero-order valence-electron chi connectivity index (χ0n) is 28.5. The second-order valence-corrected chi connectivity index (χ2v) is 26.5. The highest BCUT2D eigenvalue weighted by Crippen LogP contribution is 2.43. The molecule has 1 N–H and O–H groups in total. The van der Waals surface area contributed by atoms with Crippen LogP contribution in [0.5, 0.6) is 0 Å². The van der Waals surface area contributed by atoms with Crippen molar-refractivity contribution < 1.29 is 24.2 Å². The summed E-state index contributed by atoms with van der Waals surface area (Å²) in [4.78, 5) is 37.3. The Hall–Kier alpha value is -3.14.